The van der Waals surface area contributed by atoms with Gasteiger partial charge in [-0.3, -0.25) is 0 Å². The maximum Gasteiger partial charge on any atom is 0.123 e. The average Bonchev–Trinajstić information content (AvgIpc) is 2.90. The molecule has 1 aromatic carbocycles. The number of thiophene rings is 1. The van der Waals surface area contributed by atoms with E-state index in [1.165, 1.54) is 55.0 Å². The van der Waals surface area contributed by atoms with Gasteiger partial charge in [0, 0.05) is 18.5 Å². The molecule has 18 heavy (non-hydrogen) atoms. The summed E-state index contributed by atoms with van der Waals surface area (Å²) in [4.78, 5) is 2.46. The number of hydrogen-bond acceptors (Lipinski definition) is 2. The number of benzene rings is 1. The Hall–Kier alpha value is -1.35. The fraction of sp³-hybridized carbons (Fsp3) is 0.333. The van der Waals surface area contributed by atoms with Crippen molar-refractivity contribution in [3.63, 3.8) is 0 Å². The van der Waals surface area contributed by atoms with Crippen molar-refractivity contribution < 1.29 is 4.39 Å². The van der Waals surface area contributed by atoms with Gasteiger partial charge < -0.3 is 4.90 Å². The molecule has 0 saturated carbocycles. The second-order valence-electron chi connectivity index (χ2n) is 4.73. The summed E-state index contributed by atoms with van der Waals surface area (Å²) in [7, 11) is 0. The molecule has 0 N–H and O–H groups in total. The van der Waals surface area contributed by atoms with Gasteiger partial charge in [-0.25, -0.2) is 4.39 Å². The summed E-state index contributed by atoms with van der Waals surface area (Å²) in [5, 5.41) is 3.51. The van der Waals surface area contributed by atoms with Gasteiger partial charge in [0.2, 0.25) is 0 Å². The molecule has 0 aliphatic carbocycles. The third-order valence-corrected chi connectivity index (χ3v) is 4.42. The lowest BCUT2D eigenvalue weighted by atomic mass is 10.1. The fourth-order valence-electron chi connectivity index (χ4n) is 2.40. The zero-order chi connectivity index (χ0) is 12.4. The zero-order valence-corrected chi connectivity index (χ0v) is 11.0. The molecule has 0 amide bonds. The summed E-state index contributed by atoms with van der Waals surface area (Å²) in [6, 6.07) is 8.96. The highest BCUT2D eigenvalue weighted by Gasteiger charge is 2.13. The molecule has 0 atom stereocenters. The molecule has 1 aromatic heterocycles. The zero-order valence-electron chi connectivity index (χ0n) is 10.2. The lowest BCUT2D eigenvalue weighted by Crippen LogP contribution is -2.28. The van der Waals surface area contributed by atoms with Crippen molar-refractivity contribution in [2.24, 2.45) is 0 Å². The molecule has 0 bridgehead atoms. The van der Waals surface area contributed by atoms with E-state index in [9.17, 15) is 4.39 Å². The second kappa shape index (κ2) is 5.11. The van der Waals surface area contributed by atoms with Crippen molar-refractivity contribution in [3.05, 3.63) is 41.5 Å². The SMILES string of the molecule is Fc1ccc(-c2csc(N3CCCCC3)c2)cc1. The van der Waals surface area contributed by atoms with Gasteiger partial charge >= 0.3 is 0 Å². The third-order valence-electron chi connectivity index (χ3n) is 3.43. The smallest absolute Gasteiger partial charge is 0.123 e. The number of nitrogens with zero attached hydrogens (tertiary/aromatic N) is 1. The first-order valence-corrected chi connectivity index (χ1v) is 7.30. The molecule has 2 heterocycles. The van der Waals surface area contributed by atoms with Crippen LogP contribution >= 0.6 is 11.3 Å². The lowest BCUT2D eigenvalue weighted by molar-refractivity contribution is 0.580. The van der Waals surface area contributed by atoms with E-state index in [0.29, 0.717) is 0 Å². The third kappa shape index (κ3) is 2.41. The monoisotopic (exact) mass is 261 g/mol. The molecule has 1 fully saturated rings. The van der Waals surface area contributed by atoms with Crippen LogP contribution in [0.15, 0.2) is 35.7 Å². The Labute approximate surface area is 111 Å². The Bertz CT molecular complexity index is 512. The van der Waals surface area contributed by atoms with Crippen LogP contribution in [0.5, 0.6) is 0 Å². The lowest BCUT2D eigenvalue weighted by Gasteiger charge is -2.27. The highest BCUT2D eigenvalue weighted by molar-refractivity contribution is 7.14. The van der Waals surface area contributed by atoms with Crippen molar-refractivity contribution in [3.8, 4) is 11.1 Å². The molecule has 2 aromatic rings. The maximum absolute atomic E-state index is 12.9. The van der Waals surface area contributed by atoms with Gasteiger partial charge in [-0.2, -0.15) is 0 Å². The Morgan fingerprint density at radius 1 is 0.944 bits per heavy atom. The van der Waals surface area contributed by atoms with Crippen LogP contribution < -0.4 is 4.90 Å². The molecule has 3 heteroatoms. The van der Waals surface area contributed by atoms with E-state index in [1.807, 2.05) is 12.1 Å². The maximum atomic E-state index is 12.9. The number of rotatable bonds is 2. The Balaban J connectivity index is 1.82. The first-order chi connectivity index (χ1) is 8.83. The van der Waals surface area contributed by atoms with Gasteiger partial charge in [0.05, 0.1) is 5.00 Å². The van der Waals surface area contributed by atoms with Crippen LogP contribution in [0, 0.1) is 5.82 Å². The molecule has 0 spiro atoms. The van der Waals surface area contributed by atoms with Gasteiger partial charge in [0.1, 0.15) is 5.82 Å². The molecule has 1 aliphatic rings. The molecule has 94 valence electrons. The molecule has 0 unspecified atom stereocenters. The number of anilines is 1. The first-order valence-electron chi connectivity index (χ1n) is 6.42. The molecular formula is C15H16FNS. The van der Waals surface area contributed by atoms with E-state index in [1.54, 1.807) is 11.3 Å². The largest absolute Gasteiger partial charge is 0.363 e. The van der Waals surface area contributed by atoms with Crippen molar-refractivity contribution in [1.82, 2.24) is 0 Å². The van der Waals surface area contributed by atoms with E-state index in [-0.39, 0.29) is 5.82 Å². The predicted octanol–water partition coefficient (Wildman–Crippen LogP) is 4.54. The highest BCUT2D eigenvalue weighted by atomic mass is 32.1. The van der Waals surface area contributed by atoms with Crippen molar-refractivity contribution in [2.45, 2.75) is 19.3 Å². The molecule has 0 radical (unpaired) electrons. The molecule has 3 rings (SSSR count). The summed E-state index contributed by atoms with van der Waals surface area (Å²) >= 11 is 1.79. The van der Waals surface area contributed by atoms with Crippen LogP contribution in [0.4, 0.5) is 9.39 Å². The molecule has 1 aliphatic heterocycles. The normalized spacial score (nSPS) is 15.9. The van der Waals surface area contributed by atoms with E-state index in [0.717, 1.165) is 5.56 Å². The van der Waals surface area contributed by atoms with Gasteiger partial charge in [0.15, 0.2) is 0 Å². The van der Waals surface area contributed by atoms with Crippen LogP contribution in [0.3, 0.4) is 0 Å². The van der Waals surface area contributed by atoms with Gasteiger partial charge in [-0.15, -0.1) is 11.3 Å². The quantitative estimate of drug-likeness (QED) is 0.767. The number of piperidine rings is 1. The second-order valence-corrected chi connectivity index (χ2v) is 5.62. The van der Waals surface area contributed by atoms with Crippen LogP contribution in [-0.4, -0.2) is 13.1 Å². The summed E-state index contributed by atoms with van der Waals surface area (Å²) in [6.07, 6.45) is 3.94. The minimum atomic E-state index is -0.176. The highest BCUT2D eigenvalue weighted by Crippen LogP contribution is 2.32. The standard InChI is InChI=1S/C15H16FNS/c16-14-6-4-12(5-7-14)13-10-15(18-11-13)17-8-2-1-3-9-17/h4-7,10-11H,1-3,8-9H2. The van der Waals surface area contributed by atoms with Crippen LogP contribution in [0.2, 0.25) is 0 Å². The van der Waals surface area contributed by atoms with Gasteiger partial charge in [-0.1, -0.05) is 12.1 Å². The summed E-state index contributed by atoms with van der Waals surface area (Å²) in [5.41, 5.74) is 2.29. The molecular weight excluding hydrogens is 245 g/mol. The van der Waals surface area contributed by atoms with Crippen LogP contribution in [0.25, 0.3) is 11.1 Å². The van der Waals surface area contributed by atoms with E-state index in [4.69, 9.17) is 0 Å². The van der Waals surface area contributed by atoms with E-state index < -0.39 is 0 Å². The van der Waals surface area contributed by atoms with Crippen molar-refractivity contribution in [1.29, 1.82) is 0 Å². The summed E-state index contributed by atoms with van der Waals surface area (Å²) in [5.74, 6) is -0.176. The summed E-state index contributed by atoms with van der Waals surface area (Å²) < 4.78 is 12.9. The average molecular weight is 261 g/mol. The topological polar surface area (TPSA) is 3.24 Å². The summed E-state index contributed by atoms with van der Waals surface area (Å²) in [6.45, 7) is 2.34. The van der Waals surface area contributed by atoms with Gasteiger partial charge in [-0.05, 0) is 48.6 Å². The van der Waals surface area contributed by atoms with Crippen LogP contribution in [0.1, 0.15) is 19.3 Å². The molecule has 1 saturated heterocycles. The van der Waals surface area contributed by atoms with Crippen molar-refractivity contribution in [2.75, 3.05) is 18.0 Å². The van der Waals surface area contributed by atoms with E-state index in [2.05, 4.69) is 16.3 Å². The van der Waals surface area contributed by atoms with Crippen molar-refractivity contribution >= 4 is 16.3 Å². The Morgan fingerprint density at radius 3 is 2.39 bits per heavy atom. The molecule has 1 nitrogen and oxygen atoms in total. The predicted molar refractivity (Wildman–Crippen MR) is 75.8 cm³/mol. The number of hydrogen-bond donors (Lipinski definition) is 0. The Morgan fingerprint density at radius 2 is 1.67 bits per heavy atom. The van der Waals surface area contributed by atoms with Gasteiger partial charge in [0.25, 0.3) is 0 Å². The van der Waals surface area contributed by atoms with E-state index >= 15 is 0 Å². The van der Waals surface area contributed by atoms with Crippen LogP contribution in [-0.2, 0) is 0 Å². The fourth-order valence-corrected chi connectivity index (χ4v) is 3.38. The number of halogens is 1. The minimum Gasteiger partial charge on any atom is -0.363 e. The minimum absolute atomic E-state index is 0.176. The first kappa shape index (κ1) is 11.7. The Kier molecular flexibility index (Phi) is 3.33.